The highest BCUT2D eigenvalue weighted by molar-refractivity contribution is 6.07. The molecule has 0 radical (unpaired) electrons. The van der Waals surface area contributed by atoms with Crippen LogP contribution in [0.3, 0.4) is 0 Å². The molecule has 0 amide bonds. The third-order valence-electron chi connectivity index (χ3n) is 1.61. The molecule has 0 aromatic carbocycles. The summed E-state index contributed by atoms with van der Waals surface area (Å²) >= 11 is 0. The molecule has 3 nitrogen and oxygen atoms in total. The molecule has 1 aliphatic heterocycles. The molecule has 3 heteroatoms. The molecular formula is C8H10O3. The van der Waals surface area contributed by atoms with Gasteiger partial charge in [-0.15, -0.1) is 0 Å². The molecule has 0 aromatic rings. The molecule has 1 aliphatic rings. The minimum absolute atomic E-state index is 0.158. The Hall–Kier alpha value is -1.12. The van der Waals surface area contributed by atoms with Crippen molar-refractivity contribution in [1.29, 1.82) is 0 Å². The third-order valence-corrected chi connectivity index (χ3v) is 1.61. The van der Waals surface area contributed by atoms with E-state index in [9.17, 15) is 9.59 Å². The van der Waals surface area contributed by atoms with Gasteiger partial charge in [-0.2, -0.15) is 0 Å². The van der Waals surface area contributed by atoms with Gasteiger partial charge in [-0.1, -0.05) is 0 Å². The fourth-order valence-electron chi connectivity index (χ4n) is 0.792. The number of hydrogen-bond acceptors (Lipinski definition) is 3. The van der Waals surface area contributed by atoms with Crippen LogP contribution in [-0.4, -0.2) is 17.4 Å². The minimum Gasteiger partial charge on any atom is -0.448 e. The van der Waals surface area contributed by atoms with E-state index in [0.29, 0.717) is 5.57 Å². The van der Waals surface area contributed by atoms with Crippen LogP contribution in [0.5, 0.6) is 0 Å². The molecule has 0 aromatic heterocycles. The van der Waals surface area contributed by atoms with E-state index in [2.05, 4.69) is 0 Å². The van der Waals surface area contributed by atoms with Gasteiger partial charge in [0, 0.05) is 5.57 Å². The lowest BCUT2D eigenvalue weighted by Gasteiger charge is -2.25. The average molecular weight is 154 g/mol. The Morgan fingerprint density at radius 3 is 2.36 bits per heavy atom. The first-order valence-electron chi connectivity index (χ1n) is 3.39. The zero-order valence-corrected chi connectivity index (χ0v) is 6.80. The number of hydrogen-bond donors (Lipinski definition) is 0. The molecule has 0 unspecified atom stereocenters. The van der Waals surface area contributed by atoms with Gasteiger partial charge in [-0.05, 0) is 26.8 Å². The SMILES string of the molecule is CC1=CC(=O)C(C)(C)OC1=O. The van der Waals surface area contributed by atoms with E-state index in [-0.39, 0.29) is 5.78 Å². The second kappa shape index (κ2) is 2.19. The number of carbonyl (C=O) groups excluding carboxylic acids is 2. The van der Waals surface area contributed by atoms with Gasteiger partial charge in [0.1, 0.15) is 0 Å². The number of cyclic esters (lactones) is 1. The van der Waals surface area contributed by atoms with Gasteiger partial charge in [0.2, 0.25) is 0 Å². The first-order valence-corrected chi connectivity index (χ1v) is 3.39. The van der Waals surface area contributed by atoms with E-state index in [1.165, 1.54) is 6.08 Å². The molecule has 0 atom stereocenters. The van der Waals surface area contributed by atoms with E-state index in [1.54, 1.807) is 20.8 Å². The summed E-state index contributed by atoms with van der Waals surface area (Å²) in [6, 6.07) is 0. The highest BCUT2D eigenvalue weighted by Crippen LogP contribution is 2.19. The summed E-state index contributed by atoms with van der Waals surface area (Å²) in [5.74, 6) is -0.566. The Balaban J connectivity index is 3.03. The minimum atomic E-state index is -0.976. The second-order valence-corrected chi connectivity index (χ2v) is 3.09. The predicted octanol–water partition coefficient (Wildman–Crippen LogP) is 0.837. The topological polar surface area (TPSA) is 43.4 Å². The Kier molecular flexibility index (Phi) is 1.59. The number of ketones is 1. The second-order valence-electron chi connectivity index (χ2n) is 3.09. The third kappa shape index (κ3) is 1.31. The van der Waals surface area contributed by atoms with Crippen molar-refractivity contribution in [2.24, 2.45) is 0 Å². The Bertz CT molecular complexity index is 248. The summed E-state index contributed by atoms with van der Waals surface area (Å²) in [6.07, 6.45) is 1.33. The average Bonchev–Trinajstić information content (AvgIpc) is 1.83. The van der Waals surface area contributed by atoms with Crippen LogP contribution >= 0.6 is 0 Å². The fourth-order valence-corrected chi connectivity index (χ4v) is 0.792. The van der Waals surface area contributed by atoms with E-state index in [1.807, 2.05) is 0 Å². The molecule has 0 saturated heterocycles. The first-order chi connectivity index (χ1) is 4.93. The van der Waals surface area contributed by atoms with Crippen molar-refractivity contribution in [3.8, 4) is 0 Å². The van der Waals surface area contributed by atoms with Gasteiger partial charge in [0.05, 0.1) is 0 Å². The molecule has 1 heterocycles. The Morgan fingerprint density at radius 2 is 1.91 bits per heavy atom. The van der Waals surface area contributed by atoms with E-state index >= 15 is 0 Å². The lowest BCUT2D eigenvalue weighted by Crippen LogP contribution is -2.40. The summed E-state index contributed by atoms with van der Waals surface area (Å²) in [6.45, 7) is 4.72. The van der Waals surface area contributed by atoms with Crippen LogP contribution in [0.25, 0.3) is 0 Å². The molecule has 0 N–H and O–H groups in total. The molecule has 11 heavy (non-hydrogen) atoms. The van der Waals surface area contributed by atoms with E-state index in [0.717, 1.165) is 0 Å². The summed E-state index contributed by atoms with van der Waals surface area (Å²) in [5.41, 5.74) is -0.606. The van der Waals surface area contributed by atoms with Gasteiger partial charge in [0.15, 0.2) is 11.4 Å². The molecule has 1 rings (SSSR count). The summed E-state index contributed by atoms with van der Waals surface area (Å²) in [7, 11) is 0. The Labute approximate surface area is 65.0 Å². The smallest absolute Gasteiger partial charge is 0.334 e. The van der Waals surface area contributed by atoms with E-state index in [4.69, 9.17) is 4.74 Å². The fraction of sp³-hybridized carbons (Fsp3) is 0.500. The van der Waals surface area contributed by atoms with Gasteiger partial charge in [-0.25, -0.2) is 4.79 Å². The van der Waals surface area contributed by atoms with Crippen molar-refractivity contribution in [3.63, 3.8) is 0 Å². The van der Waals surface area contributed by atoms with Crippen molar-refractivity contribution in [2.45, 2.75) is 26.4 Å². The predicted molar refractivity (Wildman–Crippen MR) is 38.9 cm³/mol. The maximum Gasteiger partial charge on any atom is 0.334 e. The Morgan fingerprint density at radius 1 is 1.36 bits per heavy atom. The molecule has 0 fully saturated rings. The van der Waals surface area contributed by atoms with Gasteiger partial charge >= 0.3 is 5.97 Å². The highest BCUT2D eigenvalue weighted by Gasteiger charge is 2.34. The summed E-state index contributed by atoms with van der Waals surface area (Å²) in [5, 5.41) is 0. The molecule has 0 spiro atoms. The maximum atomic E-state index is 11.1. The van der Waals surface area contributed by atoms with Crippen molar-refractivity contribution in [3.05, 3.63) is 11.6 Å². The lowest BCUT2D eigenvalue weighted by molar-refractivity contribution is -0.160. The van der Waals surface area contributed by atoms with E-state index < -0.39 is 11.6 Å². The largest absolute Gasteiger partial charge is 0.448 e. The van der Waals surface area contributed by atoms with Crippen LogP contribution in [0.15, 0.2) is 11.6 Å². The maximum absolute atomic E-state index is 11.1. The van der Waals surface area contributed by atoms with Crippen molar-refractivity contribution in [1.82, 2.24) is 0 Å². The van der Waals surface area contributed by atoms with Crippen molar-refractivity contribution >= 4 is 11.8 Å². The number of esters is 1. The molecule has 60 valence electrons. The van der Waals surface area contributed by atoms with Crippen LogP contribution in [0, 0.1) is 0 Å². The normalized spacial score (nSPS) is 22.6. The lowest BCUT2D eigenvalue weighted by atomic mass is 9.98. The van der Waals surface area contributed by atoms with Crippen LogP contribution in [0.1, 0.15) is 20.8 Å². The highest BCUT2D eigenvalue weighted by atomic mass is 16.6. The number of carbonyl (C=O) groups is 2. The molecule has 0 aliphatic carbocycles. The molecular weight excluding hydrogens is 144 g/mol. The van der Waals surface area contributed by atoms with Crippen LogP contribution in [0.4, 0.5) is 0 Å². The molecule has 0 bridgehead atoms. The summed E-state index contributed by atoms with van der Waals surface area (Å²) in [4.78, 5) is 22.0. The quantitative estimate of drug-likeness (QED) is 0.485. The standard InChI is InChI=1S/C8H10O3/c1-5-4-6(9)8(2,3)11-7(5)10/h4H,1-3H3. The first kappa shape index (κ1) is 7.98. The van der Waals surface area contributed by atoms with Gasteiger partial charge < -0.3 is 4.74 Å². The summed E-state index contributed by atoms with van der Waals surface area (Å²) < 4.78 is 4.84. The number of ether oxygens (including phenoxy) is 1. The van der Waals surface area contributed by atoms with Gasteiger partial charge in [0.25, 0.3) is 0 Å². The van der Waals surface area contributed by atoms with Crippen LogP contribution in [-0.2, 0) is 14.3 Å². The van der Waals surface area contributed by atoms with Crippen LogP contribution < -0.4 is 0 Å². The monoisotopic (exact) mass is 154 g/mol. The number of rotatable bonds is 0. The molecule has 0 saturated carbocycles. The van der Waals surface area contributed by atoms with Crippen molar-refractivity contribution < 1.29 is 14.3 Å². The zero-order chi connectivity index (χ0) is 8.65. The van der Waals surface area contributed by atoms with Crippen molar-refractivity contribution in [2.75, 3.05) is 0 Å². The van der Waals surface area contributed by atoms with Gasteiger partial charge in [-0.3, -0.25) is 4.79 Å². The van der Waals surface area contributed by atoms with Crippen LogP contribution in [0.2, 0.25) is 0 Å². The zero-order valence-electron chi connectivity index (χ0n) is 6.80.